The van der Waals surface area contributed by atoms with Gasteiger partial charge in [0.25, 0.3) is 0 Å². The second-order valence-electron chi connectivity index (χ2n) is 5.72. The van der Waals surface area contributed by atoms with Gasteiger partial charge in [-0.25, -0.2) is 0 Å². The molecule has 1 rings (SSSR count). The van der Waals surface area contributed by atoms with Crippen molar-refractivity contribution < 1.29 is 4.74 Å². The third-order valence-electron chi connectivity index (χ3n) is 3.55. The molecule has 0 spiro atoms. The van der Waals surface area contributed by atoms with Gasteiger partial charge >= 0.3 is 0 Å². The van der Waals surface area contributed by atoms with Crippen LogP contribution in [0.3, 0.4) is 0 Å². The van der Waals surface area contributed by atoms with Crippen molar-refractivity contribution in [3.05, 3.63) is 18.2 Å². The Balaban J connectivity index is 2.73. The summed E-state index contributed by atoms with van der Waals surface area (Å²) in [6, 6.07) is 5.79. The lowest BCUT2D eigenvalue weighted by atomic mass is 9.81. The monoisotopic (exact) mass is 250 g/mol. The molecule has 102 valence electrons. The van der Waals surface area contributed by atoms with Gasteiger partial charge in [0.1, 0.15) is 5.75 Å². The molecular formula is C15H26N2O. The van der Waals surface area contributed by atoms with E-state index >= 15 is 0 Å². The van der Waals surface area contributed by atoms with Crippen molar-refractivity contribution in [3.8, 4) is 5.75 Å². The first-order valence-corrected chi connectivity index (χ1v) is 6.62. The predicted octanol–water partition coefficient (Wildman–Crippen LogP) is 3.76. The molecule has 0 aromatic heterocycles. The van der Waals surface area contributed by atoms with Crippen molar-refractivity contribution in [2.45, 2.75) is 34.6 Å². The van der Waals surface area contributed by atoms with Gasteiger partial charge in [-0.15, -0.1) is 0 Å². The van der Waals surface area contributed by atoms with Gasteiger partial charge in [-0.1, -0.05) is 27.7 Å². The largest absolute Gasteiger partial charge is 0.494 e. The molecule has 0 fully saturated rings. The van der Waals surface area contributed by atoms with Crippen molar-refractivity contribution in [2.24, 2.45) is 11.3 Å². The predicted molar refractivity (Wildman–Crippen MR) is 79.1 cm³/mol. The number of ether oxygens (including phenoxy) is 1. The standard InChI is InChI=1S/C15H26N2O/c1-6-18-14-8-12(16)7-13(9-14)17-10-15(4,5)11(2)3/h7-9,11,17H,6,10,16H2,1-5H3. The molecule has 18 heavy (non-hydrogen) atoms. The fourth-order valence-electron chi connectivity index (χ4n) is 1.51. The summed E-state index contributed by atoms with van der Waals surface area (Å²) in [7, 11) is 0. The lowest BCUT2D eigenvalue weighted by Gasteiger charge is -2.30. The van der Waals surface area contributed by atoms with E-state index in [-0.39, 0.29) is 5.41 Å². The van der Waals surface area contributed by atoms with Crippen LogP contribution in [-0.4, -0.2) is 13.2 Å². The molecule has 0 atom stereocenters. The minimum Gasteiger partial charge on any atom is -0.494 e. The zero-order valence-corrected chi connectivity index (χ0v) is 12.2. The number of anilines is 2. The molecule has 0 aliphatic carbocycles. The lowest BCUT2D eigenvalue weighted by Crippen LogP contribution is -2.28. The molecule has 0 saturated carbocycles. The van der Waals surface area contributed by atoms with Crippen LogP contribution in [0.25, 0.3) is 0 Å². The number of nitrogens with one attached hydrogen (secondary N) is 1. The zero-order valence-electron chi connectivity index (χ0n) is 12.2. The van der Waals surface area contributed by atoms with Gasteiger partial charge in [0.05, 0.1) is 6.61 Å². The molecule has 1 aromatic carbocycles. The maximum absolute atomic E-state index is 5.87. The Morgan fingerprint density at radius 3 is 2.50 bits per heavy atom. The van der Waals surface area contributed by atoms with Gasteiger partial charge in [0.15, 0.2) is 0 Å². The van der Waals surface area contributed by atoms with E-state index in [2.05, 4.69) is 33.0 Å². The minimum absolute atomic E-state index is 0.246. The minimum atomic E-state index is 0.246. The highest BCUT2D eigenvalue weighted by Crippen LogP contribution is 2.28. The molecule has 0 bridgehead atoms. The van der Waals surface area contributed by atoms with Gasteiger partial charge < -0.3 is 15.8 Å². The molecule has 3 N–H and O–H groups in total. The van der Waals surface area contributed by atoms with Crippen LogP contribution in [0.1, 0.15) is 34.6 Å². The molecule has 0 saturated heterocycles. The van der Waals surface area contributed by atoms with Crippen molar-refractivity contribution in [2.75, 3.05) is 24.2 Å². The molecular weight excluding hydrogens is 224 g/mol. The summed E-state index contributed by atoms with van der Waals surface area (Å²) in [5.74, 6) is 1.44. The van der Waals surface area contributed by atoms with Crippen LogP contribution < -0.4 is 15.8 Å². The number of nitrogens with two attached hydrogens (primary N) is 1. The Bertz CT molecular complexity index is 386. The second kappa shape index (κ2) is 5.98. The number of nitrogen functional groups attached to an aromatic ring is 1. The topological polar surface area (TPSA) is 47.3 Å². The summed E-state index contributed by atoms with van der Waals surface area (Å²) in [5, 5.41) is 3.45. The first kappa shape index (κ1) is 14.7. The first-order chi connectivity index (χ1) is 8.35. The normalized spacial score (nSPS) is 11.7. The van der Waals surface area contributed by atoms with E-state index in [1.807, 2.05) is 25.1 Å². The average Bonchev–Trinajstić information content (AvgIpc) is 2.26. The van der Waals surface area contributed by atoms with Crippen LogP contribution in [0.4, 0.5) is 11.4 Å². The molecule has 3 nitrogen and oxygen atoms in total. The van der Waals surface area contributed by atoms with Gasteiger partial charge in [-0.3, -0.25) is 0 Å². The summed E-state index contributed by atoms with van der Waals surface area (Å²) in [6.45, 7) is 12.6. The van der Waals surface area contributed by atoms with Crippen LogP contribution in [0.5, 0.6) is 5.75 Å². The van der Waals surface area contributed by atoms with Crippen molar-refractivity contribution in [1.29, 1.82) is 0 Å². The highest BCUT2D eigenvalue weighted by Gasteiger charge is 2.21. The van der Waals surface area contributed by atoms with E-state index < -0.39 is 0 Å². The fraction of sp³-hybridized carbons (Fsp3) is 0.600. The van der Waals surface area contributed by atoms with E-state index in [0.29, 0.717) is 12.5 Å². The van der Waals surface area contributed by atoms with Crippen LogP contribution in [0.15, 0.2) is 18.2 Å². The third-order valence-corrected chi connectivity index (χ3v) is 3.55. The third kappa shape index (κ3) is 4.13. The summed E-state index contributed by atoms with van der Waals surface area (Å²) in [5.41, 5.74) is 7.86. The number of benzene rings is 1. The average molecular weight is 250 g/mol. The van der Waals surface area contributed by atoms with Gasteiger partial charge in [-0.05, 0) is 24.3 Å². The fourth-order valence-corrected chi connectivity index (χ4v) is 1.51. The molecule has 0 unspecified atom stereocenters. The van der Waals surface area contributed by atoms with Crippen LogP contribution >= 0.6 is 0 Å². The molecule has 0 aliphatic heterocycles. The van der Waals surface area contributed by atoms with E-state index in [1.54, 1.807) is 0 Å². The number of rotatable bonds is 6. The van der Waals surface area contributed by atoms with Crippen LogP contribution in [0.2, 0.25) is 0 Å². The molecule has 1 aromatic rings. The maximum Gasteiger partial charge on any atom is 0.123 e. The van der Waals surface area contributed by atoms with Crippen LogP contribution in [-0.2, 0) is 0 Å². The Labute approximate surface area is 111 Å². The first-order valence-electron chi connectivity index (χ1n) is 6.62. The van der Waals surface area contributed by atoms with Gasteiger partial charge in [0.2, 0.25) is 0 Å². The van der Waals surface area contributed by atoms with Gasteiger partial charge in [0, 0.05) is 30.1 Å². The summed E-state index contributed by atoms with van der Waals surface area (Å²) in [6.07, 6.45) is 0. The SMILES string of the molecule is CCOc1cc(N)cc(NCC(C)(C)C(C)C)c1. The van der Waals surface area contributed by atoms with E-state index in [4.69, 9.17) is 10.5 Å². The highest BCUT2D eigenvalue weighted by atomic mass is 16.5. The van der Waals surface area contributed by atoms with E-state index in [1.165, 1.54) is 0 Å². The lowest BCUT2D eigenvalue weighted by molar-refractivity contribution is 0.269. The Morgan fingerprint density at radius 2 is 1.94 bits per heavy atom. The Morgan fingerprint density at radius 1 is 1.28 bits per heavy atom. The number of hydrogen-bond acceptors (Lipinski definition) is 3. The molecule has 0 heterocycles. The second-order valence-corrected chi connectivity index (χ2v) is 5.72. The highest BCUT2D eigenvalue weighted by molar-refractivity contribution is 5.59. The van der Waals surface area contributed by atoms with Gasteiger partial charge in [-0.2, -0.15) is 0 Å². The zero-order chi connectivity index (χ0) is 13.8. The summed E-state index contributed by atoms with van der Waals surface area (Å²) >= 11 is 0. The van der Waals surface area contributed by atoms with Crippen molar-refractivity contribution >= 4 is 11.4 Å². The van der Waals surface area contributed by atoms with Crippen LogP contribution in [0, 0.1) is 11.3 Å². The Kier molecular flexibility index (Phi) is 4.88. The maximum atomic E-state index is 5.87. The molecule has 3 heteroatoms. The van der Waals surface area contributed by atoms with E-state index in [9.17, 15) is 0 Å². The summed E-state index contributed by atoms with van der Waals surface area (Å²) < 4.78 is 5.49. The number of hydrogen-bond donors (Lipinski definition) is 2. The van der Waals surface area contributed by atoms with E-state index in [0.717, 1.165) is 23.7 Å². The van der Waals surface area contributed by atoms with Crippen molar-refractivity contribution in [1.82, 2.24) is 0 Å². The smallest absolute Gasteiger partial charge is 0.123 e. The molecule has 0 radical (unpaired) electrons. The quantitative estimate of drug-likeness (QED) is 0.756. The van der Waals surface area contributed by atoms with Crippen molar-refractivity contribution in [3.63, 3.8) is 0 Å². The molecule has 0 amide bonds. The Hall–Kier alpha value is -1.38. The summed E-state index contributed by atoms with van der Waals surface area (Å²) in [4.78, 5) is 0. The molecule has 0 aliphatic rings.